The second-order valence-electron chi connectivity index (χ2n) is 5.04. The fraction of sp³-hybridized carbons (Fsp3) is 1.00. The molecule has 2 bridgehead atoms. The standard InChI is InChI=1S/C12H23NO2/c1-14-7-3-2-6-12(9-13)8-10-4-5-11(12)15-10/h10-11H,2-9,13H2,1H3. The summed E-state index contributed by atoms with van der Waals surface area (Å²) in [5.74, 6) is 0. The van der Waals surface area contributed by atoms with Crippen LogP contribution in [0.3, 0.4) is 0 Å². The second kappa shape index (κ2) is 4.81. The van der Waals surface area contributed by atoms with E-state index in [9.17, 15) is 0 Å². The van der Waals surface area contributed by atoms with Crippen molar-refractivity contribution in [1.82, 2.24) is 0 Å². The van der Waals surface area contributed by atoms with E-state index in [1.807, 2.05) is 0 Å². The minimum atomic E-state index is 0.302. The molecule has 88 valence electrons. The van der Waals surface area contributed by atoms with Gasteiger partial charge in [0.1, 0.15) is 0 Å². The Bertz CT molecular complexity index is 210. The zero-order chi connectivity index (χ0) is 10.7. The van der Waals surface area contributed by atoms with Crippen molar-refractivity contribution in [3.05, 3.63) is 0 Å². The van der Waals surface area contributed by atoms with Gasteiger partial charge >= 0.3 is 0 Å². The lowest BCUT2D eigenvalue weighted by molar-refractivity contribution is 0.0576. The zero-order valence-corrected chi connectivity index (χ0v) is 9.71. The highest BCUT2D eigenvalue weighted by molar-refractivity contribution is 5.00. The number of ether oxygens (including phenoxy) is 2. The van der Waals surface area contributed by atoms with E-state index in [0.29, 0.717) is 17.6 Å². The molecule has 2 saturated heterocycles. The molecule has 2 N–H and O–H groups in total. The summed E-state index contributed by atoms with van der Waals surface area (Å²) in [7, 11) is 1.76. The van der Waals surface area contributed by atoms with Crippen LogP contribution in [0.5, 0.6) is 0 Å². The lowest BCUT2D eigenvalue weighted by atomic mass is 9.71. The lowest BCUT2D eigenvalue weighted by Gasteiger charge is -2.34. The summed E-state index contributed by atoms with van der Waals surface area (Å²) < 4.78 is 11.0. The fourth-order valence-electron chi connectivity index (χ4n) is 3.19. The van der Waals surface area contributed by atoms with E-state index < -0.39 is 0 Å². The Morgan fingerprint density at radius 3 is 2.80 bits per heavy atom. The molecule has 2 rings (SSSR count). The van der Waals surface area contributed by atoms with Crippen molar-refractivity contribution in [2.75, 3.05) is 20.3 Å². The molecule has 0 saturated carbocycles. The summed E-state index contributed by atoms with van der Waals surface area (Å²) in [5, 5.41) is 0. The predicted molar refractivity (Wildman–Crippen MR) is 59.7 cm³/mol. The monoisotopic (exact) mass is 213 g/mol. The first-order chi connectivity index (χ1) is 7.30. The van der Waals surface area contributed by atoms with E-state index in [0.717, 1.165) is 19.6 Å². The Kier molecular flexibility index (Phi) is 3.65. The topological polar surface area (TPSA) is 44.5 Å². The van der Waals surface area contributed by atoms with Crippen molar-refractivity contribution in [3.63, 3.8) is 0 Å². The van der Waals surface area contributed by atoms with Crippen LogP contribution < -0.4 is 5.73 Å². The van der Waals surface area contributed by atoms with Crippen LogP contribution >= 0.6 is 0 Å². The van der Waals surface area contributed by atoms with Gasteiger partial charge in [0.2, 0.25) is 0 Å². The highest BCUT2D eigenvalue weighted by atomic mass is 16.5. The van der Waals surface area contributed by atoms with Crippen molar-refractivity contribution in [2.45, 2.75) is 50.7 Å². The Morgan fingerprint density at radius 1 is 1.40 bits per heavy atom. The first-order valence-corrected chi connectivity index (χ1v) is 6.15. The minimum Gasteiger partial charge on any atom is -0.385 e. The molecule has 2 fully saturated rings. The van der Waals surface area contributed by atoms with E-state index >= 15 is 0 Å². The highest BCUT2D eigenvalue weighted by Gasteiger charge is 2.50. The van der Waals surface area contributed by atoms with Gasteiger partial charge in [0, 0.05) is 25.7 Å². The van der Waals surface area contributed by atoms with E-state index in [-0.39, 0.29) is 0 Å². The van der Waals surface area contributed by atoms with Crippen LogP contribution in [0.15, 0.2) is 0 Å². The molecule has 0 radical (unpaired) electrons. The van der Waals surface area contributed by atoms with Crippen LogP contribution in [0.1, 0.15) is 38.5 Å². The first kappa shape index (κ1) is 11.4. The Hall–Kier alpha value is -0.120. The molecule has 2 aliphatic rings. The molecule has 0 aromatic heterocycles. The third-order valence-corrected chi connectivity index (χ3v) is 4.10. The maximum absolute atomic E-state index is 5.96. The summed E-state index contributed by atoms with van der Waals surface area (Å²) in [6, 6.07) is 0. The van der Waals surface area contributed by atoms with Crippen molar-refractivity contribution >= 4 is 0 Å². The molecule has 3 atom stereocenters. The molecule has 0 spiro atoms. The molecule has 0 aromatic carbocycles. The van der Waals surface area contributed by atoms with Gasteiger partial charge in [-0.1, -0.05) is 6.42 Å². The normalized spacial score (nSPS) is 38.8. The molecule has 0 aromatic rings. The summed E-state index contributed by atoms with van der Waals surface area (Å²) in [6.45, 7) is 1.66. The van der Waals surface area contributed by atoms with Crippen molar-refractivity contribution in [3.8, 4) is 0 Å². The number of methoxy groups -OCH3 is 1. The second-order valence-corrected chi connectivity index (χ2v) is 5.04. The van der Waals surface area contributed by atoms with Gasteiger partial charge in [-0.3, -0.25) is 0 Å². The van der Waals surface area contributed by atoms with Gasteiger partial charge < -0.3 is 15.2 Å². The van der Waals surface area contributed by atoms with E-state index in [1.54, 1.807) is 7.11 Å². The number of unbranched alkanes of at least 4 members (excludes halogenated alkanes) is 1. The molecule has 3 nitrogen and oxygen atoms in total. The third-order valence-electron chi connectivity index (χ3n) is 4.10. The van der Waals surface area contributed by atoms with Gasteiger partial charge in [0.05, 0.1) is 12.2 Å². The average Bonchev–Trinajstić information content (AvgIpc) is 2.85. The molecule has 2 heterocycles. The highest BCUT2D eigenvalue weighted by Crippen LogP contribution is 2.49. The van der Waals surface area contributed by atoms with Crippen LogP contribution in [0, 0.1) is 5.41 Å². The summed E-state index contributed by atoms with van der Waals surface area (Å²) in [6.07, 6.45) is 8.23. The van der Waals surface area contributed by atoms with Crippen LogP contribution in [0.2, 0.25) is 0 Å². The van der Waals surface area contributed by atoms with Crippen molar-refractivity contribution < 1.29 is 9.47 Å². The van der Waals surface area contributed by atoms with Crippen LogP contribution in [-0.4, -0.2) is 32.5 Å². The molecule has 2 aliphatic heterocycles. The summed E-state index contributed by atoms with van der Waals surface area (Å²) >= 11 is 0. The molecule has 0 aliphatic carbocycles. The predicted octanol–water partition coefficient (Wildman–Crippen LogP) is 1.70. The molecule has 3 heteroatoms. The van der Waals surface area contributed by atoms with Gasteiger partial charge in [0.25, 0.3) is 0 Å². The third kappa shape index (κ3) is 2.19. The molecule has 15 heavy (non-hydrogen) atoms. The van der Waals surface area contributed by atoms with Gasteiger partial charge in [-0.25, -0.2) is 0 Å². The van der Waals surface area contributed by atoms with Crippen molar-refractivity contribution in [2.24, 2.45) is 11.1 Å². The number of rotatable bonds is 6. The van der Waals surface area contributed by atoms with E-state index in [1.165, 1.54) is 32.1 Å². The minimum absolute atomic E-state index is 0.302. The van der Waals surface area contributed by atoms with Gasteiger partial charge in [-0.15, -0.1) is 0 Å². The fourth-order valence-corrected chi connectivity index (χ4v) is 3.19. The number of nitrogens with two attached hydrogens (primary N) is 1. The molecular formula is C12H23NO2. The molecule has 0 amide bonds. The van der Waals surface area contributed by atoms with E-state index in [2.05, 4.69) is 0 Å². The maximum atomic E-state index is 5.96. The molecular weight excluding hydrogens is 190 g/mol. The Labute approximate surface area is 92.3 Å². The van der Waals surface area contributed by atoms with Crippen LogP contribution in [0.25, 0.3) is 0 Å². The smallest absolute Gasteiger partial charge is 0.0649 e. The Balaban J connectivity index is 1.81. The largest absolute Gasteiger partial charge is 0.385 e. The number of hydrogen-bond donors (Lipinski definition) is 1. The summed E-state index contributed by atoms with van der Waals surface area (Å²) in [4.78, 5) is 0. The van der Waals surface area contributed by atoms with Gasteiger partial charge in [0.15, 0.2) is 0 Å². The SMILES string of the molecule is COCCCCC1(CN)CC2CCC1O2. The van der Waals surface area contributed by atoms with Crippen LogP contribution in [-0.2, 0) is 9.47 Å². The average molecular weight is 213 g/mol. The Morgan fingerprint density at radius 2 is 2.27 bits per heavy atom. The van der Waals surface area contributed by atoms with Gasteiger partial charge in [-0.05, 0) is 32.1 Å². The molecule has 3 unspecified atom stereocenters. The lowest BCUT2D eigenvalue weighted by Crippen LogP contribution is -2.39. The summed E-state index contributed by atoms with van der Waals surface area (Å²) in [5.41, 5.74) is 6.26. The van der Waals surface area contributed by atoms with E-state index in [4.69, 9.17) is 15.2 Å². The van der Waals surface area contributed by atoms with Gasteiger partial charge in [-0.2, -0.15) is 0 Å². The first-order valence-electron chi connectivity index (χ1n) is 6.15. The maximum Gasteiger partial charge on any atom is 0.0649 e. The zero-order valence-electron chi connectivity index (χ0n) is 9.71. The number of fused-ring (bicyclic) bond motifs is 2. The van der Waals surface area contributed by atoms with Crippen molar-refractivity contribution in [1.29, 1.82) is 0 Å². The van der Waals surface area contributed by atoms with Crippen LogP contribution in [0.4, 0.5) is 0 Å². The number of hydrogen-bond acceptors (Lipinski definition) is 3. The quantitative estimate of drug-likeness (QED) is 0.683.